The molecule has 2 nitrogen and oxygen atoms in total. The zero-order valence-electron chi connectivity index (χ0n) is 14.9. The average Bonchev–Trinajstić information content (AvgIpc) is 2.60. The van der Waals surface area contributed by atoms with Crippen molar-refractivity contribution in [1.29, 1.82) is 0 Å². The minimum Gasteiger partial charge on any atom is -0.388 e. The second kappa shape index (κ2) is 6.06. The van der Waals surface area contributed by atoms with Crippen molar-refractivity contribution in [2.75, 3.05) is 6.54 Å². The highest BCUT2D eigenvalue weighted by Crippen LogP contribution is 2.61. The smallest absolute Gasteiger partial charge is 0.158 e. The van der Waals surface area contributed by atoms with Gasteiger partial charge in [-0.2, -0.15) is 0 Å². The fourth-order valence-corrected chi connectivity index (χ4v) is 5.45. The number of hydrogen-bond acceptors (Lipinski definition) is 2. The molecule has 3 unspecified atom stereocenters. The van der Waals surface area contributed by atoms with Crippen molar-refractivity contribution < 1.29 is 4.79 Å². The predicted molar refractivity (Wildman–Crippen MR) is 97.6 cm³/mol. The van der Waals surface area contributed by atoms with Gasteiger partial charge in [-0.25, -0.2) is 0 Å². The Morgan fingerprint density at radius 2 is 1.92 bits per heavy atom. The van der Waals surface area contributed by atoms with E-state index in [1.54, 1.807) is 0 Å². The zero-order valence-corrected chi connectivity index (χ0v) is 14.9. The molecule has 1 aromatic carbocycles. The summed E-state index contributed by atoms with van der Waals surface area (Å²) in [5.41, 5.74) is 2.98. The Morgan fingerprint density at radius 3 is 2.62 bits per heavy atom. The van der Waals surface area contributed by atoms with Gasteiger partial charge >= 0.3 is 0 Å². The maximum atomic E-state index is 12.2. The van der Waals surface area contributed by atoms with Gasteiger partial charge in [-0.05, 0) is 60.3 Å². The molecule has 0 amide bonds. The molecule has 0 aromatic heterocycles. The third-order valence-corrected chi connectivity index (χ3v) is 7.11. The van der Waals surface area contributed by atoms with E-state index in [9.17, 15) is 4.79 Å². The van der Waals surface area contributed by atoms with E-state index < -0.39 is 0 Å². The Balaban J connectivity index is 1.39. The molecule has 24 heavy (non-hydrogen) atoms. The van der Waals surface area contributed by atoms with Crippen molar-refractivity contribution in [3.8, 4) is 0 Å². The van der Waals surface area contributed by atoms with Crippen molar-refractivity contribution in [2.24, 2.45) is 23.2 Å². The number of allylic oxidation sites excluding steroid dienone is 2. The lowest BCUT2D eigenvalue weighted by Crippen LogP contribution is -2.54. The molecular weight excluding hydrogens is 294 g/mol. The van der Waals surface area contributed by atoms with Crippen LogP contribution in [-0.4, -0.2) is 12.3 Å². The molecule has 2 bridgehead atoms. The van der Waals surface area contributed by atoms with Crippen LogP contribution in [0.5, 0.6) is 0 Å². The number of fused-ring (bicyclic) bond motifs is 2. The molecule has 3 fully saturated rings. The number of carbonyl (C=O) groups is 1. The van der Waals surface area contributed by atoms with Crippen LogP contribution in [0, 0.1) is 23.2 Å². The SMILES string of the molecule is CC1(C)C2C[C@@H]1CCC2CNC1=CC(=O)CC(c2ccccc2)C1. The summed E-state index contributed by atoms with van der Waals surface area (Å²) in [4.78, 5) is 12.2. The summed E-state index contributed by atoms with van der Waals surface area (Å²) in [6.45, 7) is 5.95. The van der Waals surface area contributed by atoms with E-state index in [0.29, 0.717) is 17.8 Å². The molecule has 4 aliphatic carbocycles. The van der Waals surface area contributed by atoms with Crippen LogP contribution in [0.15, 0.2) is 42.1 Å². The molecule has 1 aromatic rings. The molecule has 3 saturated carbocycles. The van der Waals surface area contributed by atoms with Gasteiger partial charge in [0.25, 0.3) is 0 Å². The molecule has 0 radical (unpaired) electrons. The molecule has 0 aliphatic heterocycles. The molecular formula is C22H29NO. The Hall–Kier alpha value is -1.57. The second-order valence-electron chi connectivity index (χ2n) is 8.73. The summed E-state index contributed by atoms with van der Waals surface area (Å²) in [5, 5.41) is 3.65. The maximum Gasteiger partial charge on any atom is 0.158 e. The first-order valence-electron chi connectivity index (χ1n) is 9.56. The van der Waals surface area contributed by atoms with Gasteiger partial charge in [0.05, 0.1) is 0 Å². The Labute approximate surface area is 145 Å². The highest BCUT2D eigenvalue weighted by atomic mass is 16.1. The summed E-state index contributed by atoms with van der Waals surface area (Å²) in [7, 11) is 0. The summed E-state index contributed by atoms with van der Waals surface area (Å²) in [5.74, 6) is 3.20. The molecule has 0 spiro atoms. The first kappa shape index (κ1) is 15.9. The minimum absolute atomic E-state index is 0.269. The lowest BCUT2D eigenvalue weighted by molar-refractivity contribution is -0.115. The summed E-state index contributed by atoms with van der Waals surface area (Å²) >= 11 is 0. The first-order valence-corrected chi connectivity index (χ1v) is 9.56. The van der Waals surface area contributed by atoms with Gasteiger partial charge in [-0.15, -0.1) is 0 Å². The van der Waals surface area contributed by atoms with Crippen molar-refractivity contribution in [2.45, 2.75) is 51.9 Å². The van der Waals surface area contributed by atoms with Crippen LogP contribution in [0.25, 0.3) is 0 Å². The van der Waals surface area contributed by atoms with Crippen LogP contribution in [0.1, 0.15) is 57.4 Å². The third-order valence-electron chi connectivity index (χ3n) is 7.11. The van der Waals surface area contributed by atoms with Crippen molar-refractivity contribution in [1.82, 2.24) is 5.32 Å². The quantitative estimate of drug-likeness (QED) is 0.872. The number of hydrogen-bond donors (Lipinski definition) is 1. The number of rotatable bonds is 4. The van der Waals surface area contributed by atoms with Crippen LogP contribution >= 0.6 is 0 Å². The predicted octanol–water partition coefficient (Wildman–Crippen LogP) is 4.68. The van der Waals surface area contributed by atoms with E-state index in [-0.39, 0.29) is 5.78 Å². The van der Waals surface area contributed by atoms with Gasteiger partial charge in [0.15, 0.2) is 5.78 Å². The number of benzene rings is 1. The van der Waals surface area contributed by atoms with E-state index in [2.05, 4.69) is 43.4 Å². The standard InChI is InChI=1S/C22H29NO/c1-22(2)18-9-8-16(21(22)12-18)14-23-19-10-17(11-20(24)13-19)15-6-4-3-5-7-15/h3-7,13,16-18,21,23H,8-12,14H2,1-2H3/t16?,17?,18-,21?/m0/s1. The maximum absolute atomic E-state index is 12.2. The monoisotopic (exact) mass is 323 g/mol. The average molecular weight is 323 g/mol. The van der Waals surface area contributed by atoms with Crippen LogP contribution in [0.2, 0.25) is 0 Å². The zero-order chi connectivity index (χ0) is 16.7. The van der Waals surface area contributed by atoms with Gasteiger partial charge in [0, 0.05) is 24.7 Å². The molecule has 0 heterocycles. The fourth-order valence-electron chi connectivity index (χ4n) is 5.45. The van der Waals surface area contributed by atoms with Crippen LogP contribution < -0.4 is 5.32 Å². The molecule has 128 valence electrons. The van der Waals surface area contributed by atoms with Gasteiger partial charge in [-0.3, -0.25) is 4.79 Å². The van der Waals surface area contributed by atoms with Crippen molar-refractivity contribution >= 4 is 5.78 Å². The van der Waals surface area contributed by atoms with E-state index in [1.807, 2.05) is 12.1 Å². The molecule has 4 aliphatic rings. The van der Waals surface area contributed by atoms with E-state index in [0.717, 1.165) is 36.4 Å². The van der Waals surface area contributed by atoms with Gasteiger partial charge in [0.1, 0.15) is 0 Å². The number of carbonyl (C=O) groups excluding carboxylic acids is 1. The number of ketones is 1. The largest absolute Gasteiger partial charge is 0.388 e. The van der Waals surface area contributed by atoms with Crippen LogP contribution in [-0.2, 0) is 4.79 Å². The second-order valence-corrected chi connectivity index (χ2v) is 8.73. The lowest BCUT2D eigenvalue weighted by atomic mass is 9.45. The van der Waals surface area contributed by atoms with Crippen molar-refractivity contribution in [3.05, 3.63) is 47.7 Å². The van der Waals surface area contributed by atoms with E-state index >= 15 is 0 Å². The fraction of sp³-hybridized carbons (Fsp3) is 0.591. The van der Waals surface area contributed by atoms with Gasteiger partial charge < -0.3 is 5.32 Å². The topological polar surface area (TPSA) is 29.1 Å². The van der Waals surface area contributed by atoms with E-state index in [4.69, 9.17) is 0 Å². The summed E-state index contributed by atoms with van der Waals surface area (Å²) in [6, 6.07) is 10.5. The normalized spacial score (nSPS) is 34.2. The highest BCUT2D eigenvalue weighted by molar-refractivity contribution is 5.91. The molecule has 2 heteroatoms. The molecule has 0 saturated heterocycles. The Kier molecular flexibility index (Phi) is 4.02. The first-order chi connectivity index (χ1) is 11.5. The molecule has 4 atom stereocenters. The highest BCUT2D eigenvalue weighted by Gasteiger charge is 2.53. The minimum atomic E-state index is 0.269. The van der Waals surface area contributed by atoms with E-state index in [1.165, 1.54) is 24.8 Å². The van der Waals surface area contributed by atoms with Gasteiger partial charge in [-0.1, -0.05) is 44.2 Å². The van der Waals surface area contributed by atoms with Crippen LogP contribution in [0.4, 0.5) is 0 Å². The summed E-state index contributed by atoms with van der Waals surface area (Å²) < 4.78 is 0. The lowest BCUT2D eigenvalue weighted by Gasteiger charge is -2.60. The van der Waals surface area contributed by atoms with Crippen LogP contribution in [0.3, 0.4) is 0 Å². The third kappa shape index (κ3) is 2.81. The molecule has 5 rings (SSSR count). The van der Waals surface area contributed by atoms with Gasteiger partial charge in [0.2, 0.25) is 0 Å². The molecule has 1 N–H and O–H groups in total. The Bertz CT molecular complexity index is 643. The Morgan fingerprint density at radius 1 is 1.12 bits per heavy atom. The number of nitrogens with one attached hydrogen (secondary N) is 1. The summed E-state index contributed by atoms with van der Waals surface area (Å²) in [6.07, 6.45) is 7.64. The van der Waals surface area contributed by atoms with Crippen molar-refractivity contribution in [3.63, 3.8) is 0 Å².